The average molecular weight is 354 g/mol. The van der Waals surface area contributed by atoms with Crippen LogP contribution in [0, 0.1) is 18.4 Å². The summed E-state index contributed by atoms with van der Waals surface area (Å²) < 4.78 is 27.9. The average Bonchev–Trinajstić information content (AvgIpc) is 3.00. The molecule has 1 heterocycles. The molecule has 0 bridgehead atoms. The van der Waals surface area contributed by atoms with E-state index in [4.69, 9.17) is 10.4 Å². The molecule has 4 N–H and O–H groups in total. The quantitative estimate of drug-likeness (QED) is 0.491. The molecule has 2 rings (SSSR count). The van der Waals surface area contributed by atoms with Crippen molar-refractivity contribution in [3.63, 3.8) is 0 Å². The van der Waals surface area contributed by atoms with Gasteiger partial charge in [0.05, 0.1) is 17.6 Å². The zero-order chi connectivity index (χ0) is 17.7. The number of likely N-dealkylation sites (tertiary alicyclic amines) is 1. The first-order valence-electron chi connectivity index (χ1n) is 7.66. The second kappa shape index (κ2) is 7.81. The lowest BCUT2D eigenvalue weighted by Crippen LogP contribution is -2.36. The van der Waals surface area contributed by atoms with Crippen LogP contribution in [0.15, 0.2) is 23.1 Å². The molecular formula is C15H22N4O4S. The first-order chi connectivity index (χ1) is 11.4. The Morgan fingerprint density at radius 3 is 2.88 bits per heavy atom. The predicted molar refractivity (Wildman–Crippen MR) is 88.7 cm³/mol. The normalized spacial score (nSPS) is 19.1. The molecule has 132 valence electrons. The summed E-state index contributed by atoms with van der Waals surface area (Å²) in [6, 6.07) is 4.60. The topological polar surface area (TPSA) is 126 Å². The molecule has 8 nitrogen and oxygen atoms in total. The van der Waals surface area contributed by atoms with Crippen LogP contribution in [-0.4, -0.2) is 61.9 Å². The van der Waals surface area contributed by atoms with E-state index in [0.717, 1.165) is 0 Å². The van der Waals surface area contributed by atoms with Gasteiger partial charge in [0.25, 0.3) is 0 Å². The van der Waals surface area contributed by atoms with Gasteiger partial charge in [-0.25, -0.2) is 13.1 Å². The Balaban J connectivity index is 2.12. The van der Waals surface area contributed by atoms with E-state index < -0.39 is 16.1 Å². The van der Waals surface area contributed by atoms with Crippen LogP contribution in [0.2, 0.25) is 0 Å². The molecule has 1 saturated heterocycles. The minimum atomic E-state index is -3.71. The van der Waals surface area contributed by atoms with Crippen molar-refractivity contribution in [2.75, 3.05) is 31.6 Å². The van der Waals surface area contributed by atoms with Crippen molar-refractivity contribution in [2.45, 2.75) is 30.4 Å². The number of aliphatic hydroxyl groups excluding tert-OH is 2. The van der Waals surface area contributed by atoms with Crippen LogP contribution in [0.4, 0.5) is 5.69 Å². The molecule has 1 aromatic carbocycles. The van der Waals surface area contributed by atoms with Crippen LogP contribution < -0.4 is 10.0 Å². The highest BCUT2D eigenvalue weighted by atomic mass is 32.2. The maximum atomic E-state index is 12.6. The molecule has 9 heteroatoms. The number of hydrogen-bond acceptors (Lipinski definition) is 7. The van der Waals surface area contributed by atoms with E-state index in [1.54, 1.807) is 19.1 Å². The van der Waals surface area contributed by atoms with Crippen LogP contribution in [0.1, 0.15) is 12.0 Å². The largest absolute Gasteiger partial charge is 0.394 e. The second-order valence-corrected chi connectivity index (χ2v) is 7.53. The van der Waals surface area contributed by atoms with E-state index in [0.29, 0.717) is 30.8 Å². The van der Waals surface area contributed by atoms with E-state index >= 15 is 0 Å². The molecule has 24 heavy (non-hydrogen) atoms. The van der Waals surface area contributed by atoms with Gasteiger partial charge in [0.2, 0.25) is 10.0 Å². The summed E-state index contributed by atoms with van der Waals surface area (Å²) in [6.45, 7) is 2.37. The number of sulfonamides is 1. The summed E-state index contributed by atoms with van der Waals surface area (Å²) in [5, 5.41) is 29.9. The van der Waals surface area contributed by atoms with Crippen molar-refractivity contribution in [3.8, 4) is 6.19 Å². The summed E-state index contributed by atoms with van der Waals surface area (Å²) in [5.41, 5.74) is 1.14. The number of nitriles is 1. The number of nitrogens with zero attached hydrogens (tertiary/aromatic N) is 2. The van der Waals surface area contributed by atoms with Gasteiger partial charge < -0.3 is 20.4 Å². The van der Waals surface area contributed by atoms with Gasteiger partial charge in [-0.15, -0.1) is 0 Å². The molecule has 0 radical (unpaired) electrons. The fourth-order valence-corrected chi connectivity index (χ4v) is 4.06. The minimum Gasteiger partial charge on any atom is -0.394 e. The predicted octanol–water partition coefficient (Wildman–Crippen LogP) is -0.406. The third-order valence-electron chi connectivity index (χ3n) is 3.88. The third-order valence-corrected chi connectivity index (χ3v) is 5.54. The van der Waals surface area contributed by atoms with E-state index in [1.807, 2.05) is 6.19 Å². The molecule has 2 atom stereocenters. The molecule has 0 saturated carbocycles. The summed E-state index contributed by atoms with van der Waals surface area (Å²) in [5.74, 6) is 0. The zero-order valence-electron chi connectivity index (χ0n) is 13.4. The number of hydrogen-bond donors (Lipinski definition) is 4. The Morgan fingerprint density at radius 1 is 1.50 bits per heavy atom. The summed E-state index contributed by atoms with van der Waals surface area (Å²) >= 11 is 0. The Morgan fingerprint density at radius 2 is 2.25 bits per heavy atom. The first kappa shape index (κ1) is 18.5. The van der Waals surface area contributed by atoms with Gasteiger partial charge in [0.1, 0.15) is 0 Å². The number of aliphatic hydroxyl groups is 2. The Hall–Kier alpha value is -1.86. The summed E-state index contributed by atoms with van der Waals surface area (Å²) in [6.07, 6.45) is 1.69. The van der Waals surface area contributed by atoms with Crippen LogP contribution in [0.3, 0.4) is 0 Å². The van der Waals surface area contributed by atoms with Crippen LogP contribution in [0.5, 0.6) is 0 Å². The lowest BCUT2D eigenvalue weighted by molar-refractivity contribution is 0.105. The monoisotopic (exact) mass is 354 g/mol. The number of rotatable bonds is 7. The molecule has 0 spiro atoms. The van der Waals surface area contributed by atoms with Crippen molar-refractivity contribution in [3.05, 3.63) is 23.8 Å². The van der Waals surface area contributed by atoms with Gasteiger partial charge in [-0.2, -0.15) is 5.26 Å². The van der Waals surface area contributed by atoms with Gasteiger partial charge in [0, 0.05) is 31.4 Å². The van der Waals surface area contributed by atoms with Crippen LogP contribution >= 0.6 is 0 Å². The molecule has 1 unspecified atom stereocenters. The molecule has 1 aliphatic heterocycles. The lowest BCUT2D eigenvalue weighted by Gasteiger charge is -2.16. The maximum absolute atomic E-state index is 12.6. The van der Waals surface area contributed by atoms with Crippen molar-refractivity contribution in [2.24, 2.45) is 0 Å². The fraction of sp³-hybridized carbons (Fsp3) is 0.533. The number of benzene rings is 1. The molecule has 1 aliphatic rings. The summed E-state index contributed by atoms with van der Waals surface area (Å²) in [7, 11) is -3.71. The molecule has 1 aromatic rings. The van der Waals surface area contributed by atoms with E-state index in [1.165, 1.54) is 11.0 Å². The summed E-state index contributed by atoms with van der Waals surface area (Å²) in [4.78, 5) is 1.68. The van der Waals surface area contributed by atoms with Gasteiger partial charge in [-0.3, -0.25) is 0 Å². The highest BCUT2D eigenvalue weighted by Crippen LogP contribution is 2.21. The molecular weight excluding hydrogens is 332 g/mol. The Kier molecular flexibility index (Phi) is 6.01. The SMILES string of the molecule is Cc1ccc(NCC(O)CO)cc1S(=O)(=O)N[C@@H]1CCN(C#N)C1. The Bertz CT molecular complexity index is 717. The fourth-order valence-electron chi connectivity index (χ4n) is 2.53. The van der Waals surface area contributed by atoms with Gasteiger partial charge >= 0.3 is 0 Å². The number of aryl methyl sites for hydroxylation is 1. The number of anilines is 1. The van der Waals surface area contributed by atoms with Gasteiger partial charge in [0.15, 0.2) is 6.19 Å². The van der Waals surface area contributed by atoms with Crippen molar-refractivity contribution < 1.29 is 18.6 Å². The van der Waals surface area contributed by atoms with E-state index in [-0.39, 0.29) is 24.1 Å². The molecule has 0 aliphatic carbocycles. The van der Waals surface area contributed by atoms with Crippen LogP contribution in [-0.2, 0) is 10.0 Å². The van der Waals surface area contributed by atoms with Crippen molar-refractivity contribution >= 4 is 15.7 Å². The molecule has 1 fully saturated rings. The highest BCUT2D eigenvalue weighted by Gasteiger charge is 2.27. The minimum absolute atomic E-state index is 0.117. The lowest BCUT2D eigenvalue weighted by atomic mass is 10.2. The smallest absolute Gasteiger partial charge is 0.241 e. The van der Waals surface area contributed by atoms with Gasteiger partial charge in [-0.1, -0.05) is 6.07 Å². The van der Waals surface area contributed by atoms with Crippen LogP contribution in [0.25, 0.3) is 0 Å². The number of nitrogens with one attached hydrogen (secondary N) is 2. The highest BCUT2D eigenvalue weighted by molar-refractivity contribution is 7.89. The first-order valence-corrected chi connectivity index (χ1v) is 9.14. The molecule has 0 amide bonds. The van der Waals surface area contributed by atoms with Crippen molar-refractivity contribution in [1.82, 2.24) is 9.62 Å². The Labute approximate surface area is 141 Å². The zero-order valence-corrected chi connectivity index (χ0v) is 14.3. The standard InChI is InChI=1S/C15H22N4O4S/c1-11-2-3-12(17-7-14(21)9-20)6-15(11)24(22,23)18-13-4-5-19(8-13)10-16/h2-3,6,13-14,17-18,20-21H,4-5,7-9H2,1H3/t13-,14?/m1/s1. The third kappa shape index (κ3) is 4.58. The molecule has 0 aromatic heterocycles. The van der Waals surface area contributed by atoms with E-state index in [2.05, 4.69) is 10.0 Å². The van der Waals surface area contributed by atoms with Gasteiger partial charge in [-0.05, 0) is 31.0 Å². The second-order valence-electron chi connectivity index (χ2n) is 5.85. The maximum Gasteiger partial charge on any atom is 0.241 e. The van der Waals surface area contributed by atoms with E-state index in [9.17, 15) is 13.5 Å². The van der Waals surface area contributed by atoms with Crippen molar-refractivity contribution in [1.29, 1.82) is 5.26 Å².